The second-order valence-corrected chi connectivity index (χ2v) is 7.83. The maximum absolute atomic E-state index is 12.4. The molecule has 132 valence electrons. The van der Waals surface area contributed by atoms with E-state index in [1.807, 2.05) is 27.7 Å². The first-order chi connectivity index (χ1) is 11.6. The summed E-state index contributed by atoms with van der Waals surface area (Å²) in [4.78, 5) is 38.0. The van der Waals surface area contributed by atoms with Gasteiger partial charge in [0, 0.05) is 5.02 Å². The van der Waals surface area contributed by atoms with Gasteiger partial charge < -0.3 is 4.74 Å². The number of halogens is 1. The van der Waals surface area contributed by atoms with E-state index in [2.05, 4.69) is 6.08 Å². The van der Waals surface area contributed by atoms with Gasteiger partial charge in [-0.15, -0.1) is 0 Å². The minimum atomic E-state index is -0.494. The van der Waals surface area contributed by atoms with Crippen molar-refractivity contribution in [1.29, 1.82) is 0 Å². The van der Waals surface area contributed by atoms with Crippen molar-refractivity contribution < 1.29 is 19.1 Å². The van der Waals surface area contributed by atoms with Gasteiger partial charge in [0.25, 0.3) is 11.8 Å². The van der Waals surface area contributed by atoms with Gasteiger partial charge in [0.2, 0.25) is 0 Å². The summed E-state index contributed by atoms with van der Waals surface area (Å²) in [6.07, 6.45) is 2.07. The fourth-order valence-corrected chi connectivity index (χ4v) is 3.57. The maximum atomic E-state index is 12.4. The molecule has 1 aromatic rings. The van der Waals surface area contributed by atoms with Crippen LogP contribution in [-0.2, 0) is 9.53 Å². The first-order valence-corrected chi connectivity index (χ1v) is 8.49. The summed E-state index contributed by atoms with van der Waals surface area (Å²) in [7, 11) is 0. The molecular formula is C19H20ClNO4. The molecule has 1 fully saturated rings. The Balaban J connectivity index is 1.67. The predicted octanol–water partition coefficient (Wildman–Crippen LogP) is 3.68. The molecule has 3 rings (SSSR count). The molecule has 1 saturated carbocycles. The van der Waals surface area contributed by atoms with E-state index >= 15 is 0 Å². The molecule has 2 amide bonds. The number of amides is 2. The first kappa shape index (κ1) is 17.7. The number of nitrogens with zero attached hydrogens (tertiary/aromatic N) is 1. The molecule has 0 bridgehead atoms. The van der Waals surface area contributed by atoms with Crippen molar-refractivity contribution in [2.24, 2.45) is 17.3 Å². The number of hydrogen-bond donors (Lipinski definition) is 0. The standard InChI is InChI=1S/C19H20ClNO4/c1-10(2)7-14-15(19(14,3)4)18(24)25-9-21-16(22)12-6-5-11(20)8-13(12)17(21)23/h5-8,14-15H,9H2,1-4H3/t14-,15+/m1/s1. The van der Waals surface area contributed by atoms with Crippen molar-refractivity contribution in [3.05, 3.63) is 46.0 Å². The Morgan fingerprint density at radius 3 is 2.52 bits per heavy atom. The Morgan fingerprint density at radius 1 is 1.24 bits per heavy atom. The summed E-state index contributed by atoms with van der Waals surface area (Å²) in [5, 5.41) is 0.378. The van der Waals surface area contributed by atoms with Crippen LogP contribution in [-0.4, -0.2) is 29.4 Å². The lowest BCUT2D eigenvalue weighted by molar-refractivity contribution is -0.148. The van der Waals surface area contributed by atoms with E-state index in [4.69, 9.17) is 16.3 Å². The number of fused-ring (bicyclic) bond motifs is 1. The van der Waals surface area contributed by atoms with Gasteiger partial charge in [-0.1, -0.05) is 37.1 Å². The summed E-state index contributed by atoms with van der Waals surface area (Å²) >= 11 is 5.88. The number of allylic oxidation sites excluding steroid dienone is 2. The summed E-state index contributed by atoms with van der Waals surface area (Å²) in [6, 6.07) is 4.51. The van der Waals surface area contributed by atoms with Gasteiger partial charge in [0.1, 0.15) is 0 Å². The van der Waals surface area contributed by atoms with Crippen LogP contribution in [0.1, 0.15) is 48.4 Å². The zero-order valence-electron chi connectivity index (χ0n) is 14.6. The minimum Gasteiger partial charge on any atom is -0.443 e. The highest BCUT2D eigenvalue weighted by atomic mass is 35.5. The fraction of sp³-hybridized carbons (Fsp3) is 0.421. The van der Waals surface area contributed by atoms with Crippen molar-refractivity contribution >= 4 is 29.4 Å². The molecule has 0 N–H and O–H groups in total. The second kappa shape index (κ2) is 5.99. The van der Waals surface area contributed by atoms with E-state index in [0.29, 0.717) is 5.02 Å². The van der Waals surface area contributed by atoms with Crippen LogP contribution in [0.25, 0.3) is 0 Å². The Kier molecular flexibility index (Phi) is 4.23. The second-order valence-electron chi connectivity index (χ2n) is 7.39. The van der Waals surface area contributed by atoms with Crippen LogP contribution in [0, 0.1) is 17.3 Å². The summed E-state index contributed by atoms with van der Waals surface area (Å²) in [5.74, 6) is -1.49. The fourth-order valence-electron chi connectivity index (χ4n) is 3.40. The molecule has 25 heavy (non-hydrogen) atoms. The zero-order valence-corrected chi connectivity index (χ0v) is 15.4. The van der Waals surface area contributed by atoms with Crippen molar-refractivity contribution in [1.82, 2.24) is 4.90 Å². The third-order valence-corrected chi connectivity index (χ3v) is 5.18. The highest BCUT2D eigenvalue weighted by Gasteiger charge is 2.61. The summed E-state index contributed by atoms with van der Waals surface area (Å²) in [6.45, 7) is 7.61. The van der Waals surface area contributed by atoms with Gasteiger partial charge in [-0.2, -0.15) is 0 Å². The molecule has 5 nitrogen and oxygen atoms in total. The highest BCUT2D eigenvalue weighted by molar-refractivity contribution is 6.32. The summed E-state index contributed by atoms with van der Waals surface area (Å²) < 4.78 is 5.28. The number of ether oxygens (including phenoxy) is 1. The van der Waals surface area contributed by atoms with Gasteiger partial charge in [-0.05, 0) is 43.4 Å². The minimum absolute atomic E-state index is 0.117. The monoisotopic (exact) mass is 361 g/mol. The molecule has 0 saturated heterocycles. The van der Waals surface area contributed by atoms with Crippen LogP contribution in [0.3, 0.4) is 0 Å². The molecule has 2 atom stereocenters. The average molecular weight is 362 g/mol. The van der Waals surface area contributed by atoms with Crippen LogP contribution in [0.5, 0.6) is 0 Å². The molecular weight excluding hydrogens is 342 g/mol. The molecule has 1 aliphatic carbocycles. The number of benzene rings is 1. The number of esters is 1. The molecule has 2 aliphatic rings. The topological polar surface area (TPSA) is 63.7 Å². The van der Waals surface area contributed by atoms with Gasteiger partial charge in [0.05, 0.1) is 17.0 Å². The van der Waals surface area contributed by atoms with E-state index < -0.39 is 11.8 Å². The third-order valence-electron chi connectivity index (χ3n) is 4.95. The molecule has 0 spiro atoms. The Bertz CT molecular complexity index is 808. The Hall–Kier alpha value is -2.14. The zero-order chi connectivity index (χ0) is 18.5. The van der Waals surface area contributed by atoms with Gasteiger partial charge in [0.15, 0.2) is 6.73 Å². The van der Waals surface area contributed by atoms with Crippen molar-refractivity contribution in [3.63, 3.8) is 0 Å². The van der Waals surface area contributed by atoms with Crippen molar-refractivity contribution in [3.8, 4) is 0 Å². The average Bonchev–Trinajstić information content (AvgIpc) is 2.96. The molecule has 0 radical (unpaired) electrons. The van der Waals surface area contributed by atoms with E-state index in [-0.39, 0.29) is 41.1 Å². The van der Waals surface area contributed by atoms with E-state index in [9.17, 15) is 14.4 Å². The molecule has 1 aliphatic heterocycles. The number of imide groups is 1. The third kappa shape index (κ3) is 2.97. The van der Waals surface area contributed by atoms with Crippen molar-refractivity contribution in [2.75, 3.05) is 6.73 Å². The molecule has 0 aromatic heterocycles. The van der Waals surface area contributed by atoms with E-state index in [0.717, 1.165) is 10.5 Å². The lowest BCUT2D eigenvalue weighted by Gasteiger charge is -2.14. The Labute approximate surface area is 151 Å². The number of carbonyl (C=O) groups excluding carboxylic acids is 3. The SMILES string of the molecule is CC(C)=C[C@@H]1[C@@H](C(=O)OCN2C(=O)c3ccc(Cl)cc3C2=O)C1(C)C. The normalized spacial score (nSPS) is 23.3. The van der Waals surface area contributed by atoms with Crippen LogP contribution >= 0.6 is 11.6 Å². The van der Waals surface area contributed by atoms with Crippen LogP contribution in [0.4, 0.5) is 0 Å². The quantitative estimate of drug-likeness (QED) is 0.466. The smallest absolute Gasteiger partial charge is 0.311 e. The van der Waals surface area contributed by atoms with Crippen LogP contribution < -0.4 is 0 Å². The lowest BCUT2D eigenvalue weighted by atomic mass is 10.1. The van der Waals surface area contributed by atoms with Gasteiger partial charge >= 0.3 is 5.97 Å². The highest BCUT2D eigenvalue weighted by Crippen LogP contribution is 2.59. The van der Waals surface area contributed by atoms with Gasteiger partial charge in [-0.3, -0.25) is 14.4 Å². The van der Waals surface area contributed by atoms with E-state index in [1.54, 1.807) is 6.07 Å². The molecule has 1 aromatic carbocycles. The Morgan fingerprint density at radius 2 is 1.88 bits per heavy atom. The van der Waals surface area contributed by atoms with Crippen LogP contribution in [0.2, 0.25) is 5.02 Å². The molecule has 6 heteroatoms. The lowest BCUT2D eigenvalue weighted by Crippen LogP contribution is -2.33. The van der Waals surface area contributed by atoms with Crippen LogP contribution in [0.15, 0.2) is 29.8 Å². The van der Waals surface area contributed by atoms with E-state index in [1.165, 1.54) is 12.1 Å². The number of hydrogen-bond acceptors (Lipinski definition) is 4. The van der Waals surface area contributed by atoms with Gasteiger partial charge in [-0.25, -0.2) is 4.90 Å². The predicted molar refractivity (Wildman–Crippen MR) is 93.1 cm³/mol. The number of carbonyl (C=O) groups is 3. The molecule has 1 heterocycles. The maximum Gasteiger partial charge on any atom is 0.311 e. The summed E-state index contributed by atoms with van der Waals surface area (Å²) in [5.41, 5.74) is 1.48. The number of rotatable bonds is 4. The van der Waals surface area contributed by atoms with Crippen molar-refractivity contribution in [2.45, 2.75) is 27.7 Å². The largest absolute Gasteiger partial charge is 0.443 e. The first-order valence-electron chi connectivity index (χ1n) is 8.12. The molecule has 0 unspecified atom stereocenters.